The zero-order chi connectivity index (χ0) is 10.7. The van der Waals surface area contributed by atoms with Gasteiger partial charge in [0.05, 0.1) is 20.8 Å². The van der Waals surface area contributed by atoms with E-state index in [9.17, 15) is 5.11 Å². The Morgan fingerprint density at radius 1 is 1.07 bits per heavy atom. The molecule has 0 spiro atoms. The molecule has 0 aromatic heterocycles. The number of aliphatic hydroxyl groups is 1. The van der Waals surface area contributed by atoms with Crippen molar-refractivity contribution in [2.24, 2.45) is 0 Å². The van der Waals surface area contributed by atoms with Crippen LogP contribution in [0.3, 0.4) is 0 Å². The summed E-state index contributed by atoms with van der Waals surface area (Å²) in [4.78, 5) is 0. The molecule has 0 unspecified atom stereocenters. The third-order valence-corrected chi connectivity index (χ3v) is 2.31. The number of aryl methyl sites for hydroxylation is 2. The van der Waals surface area contributed by atoms with Crippen LogP contribution in [0, 0.1) is 13.8 Å². The lowest BCUT2D eigenvalue weighted by Gasteiger charge is -2.15. The lowest BCUT2D eigenvalue weighted by molar-refractivity contribution is 0.268. The van der Waals surface area contributed by atoms with Crippen LogP contribution in [0.4, 0.5) is 0 Å². The monoisotopic (exact) mass is 196 g/mol. The average molecular weight is 196 g/mol. The van der Waals surface area contributed by atoms with E-state index >= 15 is 0 Å². The molecule has 0 fully saturated rings. The predicted molar refractivity (Wildman–Crippen MR) is 54.9 cm³/mol. The number of aliphatic hydroxyl groups excluding tert-OH is 1. The molecular formula is C11H16O3. The zero-order valence-corrected chi connectivity index (χ0v) is 9.05. The minimum Gasteiger partial charge on any atom is -0.493 e. The molecule has 0 saturated heterocycles. The van der Waals surface area contributed by atoms with Crippen LogP contribution in [0.2, 0.25) is 0 Å². The van der Waals surface area contributed by atoms with Crippen molar-refractivity contribution in [3.8, 4) is 11.5 Å². The van der Waals surface area contributed by atoms with Crippen molar-refractivity contribution >= 4 is 0 Å². The van der Waals surface area contributed by atoms with E-state index in [1.807, 2.05) is 19.9 Å². The van der Waals surface area contributed by atoms with Crippen molar-refractivity contribution in [1.29, 1.82) is 0 Å². The van der Waals surface area contributed by atoms with Crippen LogP contribution in [-0.2, 0) is 6.61 Å². The van der Waals surface area contributed by atoms with Gasteiger partial charge in [-0.05, 0) is 25.0 Å². The first kappa shape index (κ1) is 10.9. The summed E-state index contributed by atoms with van der Waals surface area (Å²) in [6.45, 7) is 3.86. The smallest absolute Gasteiger partial charge is 0.166 e. The lowest BCUT2D eigenvalue weighted by atomic mass is 10.0. The second-order valence-corrected chi connectivity index (χ2v) is 3.21. The van der Waals surface area contributed by atoms with Crippen molar-refractivity contribution < 1.29 is 14.6 Å². The molecule has 1 N–H and O–H groups in total. The summed E-state index contributed by atoms with van der Waals surface area (Å²) in [5.41, 5.74) is 2.82. The SMILES string of the molecule is COc1c(C)cc(C)c(CO)c1OC. The Kier molecular flexibility index (Phi) is 3.36. The van der Waals surface area contributed by atoms with Crippen LogP contribution in [0.1, 0.15) is 16.7 Å². The molecule has 0 heterocycles. The molecule has 1 aromatic rings. The van der Waals surface area contributed by atoms with Crippen molar-refractivity contribution in [2.45, 2.75) is 20.5 Å². The van der Waals surface area contributed by atoms with Gasteiger partial charge in [0.1, 0.15) is 0 Å². The molecule has 0 atom stereocenters. The Labute approximate surface area is 84.3 Å². The Morgan fingerprint density at radius 2 is 1.64 bits per heavy atom. The molecule has 0 bridgehead atoms. The van der Waals surface area contributed by atoms with Gasteiger partial charge in [-0.3, -0.25) is 0 Å². The summed E-state index contributed by atoms with van der Waals surface area (Å²) in [6.07, 6.45) is 0. The highest BCUT2D eigenvalue weighted by molar-refractivity contribution is 5.54. The summed E-state index contributed by atoms with van der Waals surface area (Å²) in [5, 5.41) is 9.21. The van der Waals surface area contributed by atoms with Crippen molar-refractivity contribution in [1.82, 2.24) is 0 Å². The highest BCUT2D eigenvalue weighted by Crippen LogP contribution is 2.36. The van der Waals surface area contributed by atoms with Crippen LogP contribution < -0.4 is 9.47 Å². The highest BCUT2D eigenvalue weighted by Gasteiger charge is 2.14. The van der Waals surface area contributed by atoms with Gasteiger partial charge in [-0.15, -0.1) is 0 Å². The zero-order valence-electron chi connectivity index (χ0n) is 9.05. The van der Waals surface area contributed by atoms with E-state index in [0.717, 1.165) is 16.7 Å². The first-order valence-electron chi connectivity index (χ1n) is 4.47. The molecule has 14 heavy (non-hydrogen) atoms. The van der Waals surface area contributed by atoms with Gasteiger partial charge in [-0.25, -0.2) is 0 Å². The van der Waals surface area contributed by atoms with Crippen LogP contribution in [0.15, 0.2) is 6.07 Å². The molecule has 0 amide bonds. The maximum atomic E-state index is 9.21. The number of hydrogen-bond donors (Lipinski definition) is 1. The van der Waals surface area contributed by atoms with Crippen LogP contribution in [0.5, 0.6) is 11.5 Å². The lowest BCUT2D eigenvalue weighted by Crippen LogP contribution is -2.00. The number of methoxy groups -OCH3 is 2. The second-order valence-electron chi connectivity index (χ2n) is 3.21. The third kappa shape index (κ3) is 1.68. The summed E-state index contributed by atoms with van der Waals surface area (Å²) in [6, 6.07) is 1.98. The molecule has 0 aliphatic rings. The van der Waals surface area contributed by atoms with E-state index in [4.69, 9.17) is 9.47 Å². The van der Waals surface area contributed by atoms with Gasteiger partial charge in [0.15, 0.2) is 11.5 Å². The van der Waals surface area contributed by atoms with Crippen LogP contribution in [-0.4, -0.2) is 19.3 Å². The minimum atomic E-state index is -0.0361. The van der Waals surface area contributed by atoms with E-state index in [2.05, 4.69) is 0 Å². The fourth-order valence-corrected chi connectivity index (χ4v) is 1.64. The molecule has 1 aromatic carbocycles. The van der Waals surface area contributed by atoms with Gasteiger partial charge in [0.2, 0.25) is 0 Å². The summed E-state index contributed by atoms with van der Waals surface area (Å²) < 4.78 is 10.5. The predicted octanol–water partition coefficient (Wildman–Crippen LogP) is 1.81. The number of hydrogen-bond acceptors (Lipinski definition) is 3. The van der Waals surface area contributed by atoms with Gasteiger partial charge in [0.25, 0.3) is 0 Å². The van der Waals surface area contributed by atoms with Gasteiger partial charge < -0.3 is 14.6 Å². The van der Waals surface area contributed by atoms with E-state index in [0.29, 0.717) is 11.5 Å². The molecule has 3 nitrogen and oxygen atoms in total. The topological polar surface area (TPSA) is 38.7 Å². The van der Waals surface area contributed by atoms with Crippen molar-refractivity contribution in [2.75, 3.05) is 14.2 Å². The molecule has 1 rings (SSSR count). The van der Waals surface area contributed by atoms with Crippen LogP contribution in [0.25, 0.3) is 0 Å². The second kappa shape index (κ2) is 4.33. The summed E-state index contributed by atoms with van der Waals surface area (Å²) >= 11 is 0. The van der Waals surface area contributed by atoms with E-state index in [1.165, 1.54) is 0 Å². The van der Waals surface area contributed by atoms with Gasteiger partial charge >= 0.3 is 0 Å². The molecule has 3 heteroatoms. The van der Waals surface area contributed by atoms with Gasteiger partial charge in [-0.2, -0.15) is 0 Å². The van der Waals surface area contributed by atoms with E-state index in [-0.39, 0.29) is 6.61 Å². The Morgan fingerprint density at radius 3 is 2.07 bits per heavy atom. The summed E-state index contributed by atoms with van der Waals surface area (Å²) in [5.74, 6) is 1.33. The molecule has 78 valence electrons. The fraction of sp³-hybridized carbons (Fsp3) is 0.455. The van der Waals surface area contributed by atoms with Crippen LogP contribution >= 0.6 is 0 Å². The minimum absolute atomic E-state index is 0.0361. The third-order valence-electron chi connectivity index (χ3n) is 2.31. The number of ether oxygens (including phenoxy) is 2. The molecule has 0 aliphatic heterocycles. The highest BCUT2D eigenvalue weighted by atomic mass is 16.5. The molecule has 0 radical (unpaired) electrons. The first-order chi connectivity index (χ1) is 6.65. The maximum absolute atomic E-state index is 9.21. The first-order valence-corrected chi connectivity index (χ1v) is 4.47. The average Bonchev–Trinajstić information content (AvgIpc) is 2.16. The quantitative estimate of drug-likeness (QED) is 0.801. The standard InChI is InChI=1S/C11H16O3/c1-7-5-8(2)10(13-3)11(14-4)9(7)6-12/h5,12H,6H2,1-4H3. The molecular weight excluding hydrogens is 180 g/mol. The Hall–Kier alpha value is -1.22. The van der Waals surface area contributed by atoms with Gasteiger partial charge in [0, 0.05) is 5.56 Å². The number of rotatable bonds is 3. The largest absolute Gasteiger partial charge is 0.493 e. The van der Waals surface area contributed by atoms with Crippen molar-refractivity contribution in [3.63, 3.8) is 0 Å². The van der Waals surface area contributed by atoms with Crippen molar-refractivity contribution in [3.05, 3.63) is 22.8 Å². The Bertz CT molecular complexity index is 304. The fourth-order valence-electron chi connectivity index (χ4n) is 1.64. The van der Waals surface area contributed by atoms with E-state index in [1.54, 1.807) is 14.2 Å². The Balaban J connectivity index is 3.43. The number of benzene rings is 1. The molecule has 0 aliphatic carbocycles. The summed E-state index contributed by atoms with van der Waals surface area (Å²) in [7, 11) is 3.18. The van der Waals surface area contributed by atoms with Gasteiger partial charge in [-0.1, -0.05) is 6.07 Å². The molecule has 0 saturated carbocycles. The maximum Gasteiger partial charge on any atom is 0.166 e. The van der Waals surface area contributed by atoms with E-state index < -0.39 is 0 Å². The normalized spacial score (nSPS) is 10.1.